The minimum Gasteiger partial charge on any atom is -0.394 e. The zero-order valence-corrected chi connectivity index (χ0v) is 40.0. The van der Waals surface area contributed by atoms with E-state index >= 15 is 0 Å². The van der Waals surface area contributed by atoms with Gasteiger partial charge in [-0.3, -0.25) is 24.0 Å². The number of carbonyl (C=O) groups is 5. The molecule has 25 atom stereocenters. The molecule has 0 aromatic heterocycles. The Morgan fingerprint density at radius 2 is 0.681 bits per heavy atom. The third kappa shape index (κ3) is 13.3. The zero-order chi connectivity index (χ0) is 53.6. The number of aliphatic hydroxyl groups is 12. The number of nitrogens with zero attached hydrogens (tertiary/aromatic N) is 1. The standard InChI is InChI=1S/C41H69N5O26/c1-12(52)42-22-28(58)33(18(8-48)64-37(22)63)69-38-23(43-13(2)53)29(59)34(19(9-49)66-38)70-39-24(44-14(3)54)30(60)35(20(10-50)67-39)71-40-25(45-15(4)55)31(61)36(21(11-51)68-40)72-41-26(46(6)16(5)56)32(62)27(57)17(7-47)65-41/h17-41,47-51,57-63H,7-11H2,1-6H3,(H,42,52)(H,43,53)(H,44,54)(H,45,55). The fourth-order valence-electron chi connectivity index (χ4n) is 9.28. The summed E-state index contributed by atoms with van der Waals surface area (Å²) in [4.78, 5) is 63.1. The van der Waals surface area contributed by atoms with E-state index in [1.165, 1.54) is 7.05 Å². The number of hydrogen-bond donors (Lipinski definition) is 16. The van der Waals surface area contributed by atoms with Crippen molar-refractivity contribution in [3.05, 3.63) is 0 Å². The van der Waals surface area contributed by atoms with Crippen LogP contribution in [0.2, 0.25) is 0 Å². The van der Waals surface area contributed by atoms with Gasteiger partial charge >= 0.3 is 0 Å². The second-order valence-corrected chi connectivity index (χ2v) is 18.0. The molecule has 0 saturated carbocycles. The van der Waals surface area contributed by atoms with Gasteiger partial charge in [-0.1, -0.05) is 0 Å². The summed E-state index contributed by atoms with van der Waals surface area (Å²) >= 11 is 0. The van der Waals surface area contributed by atoms with Crippen LogP contribution < -0.4 is 21.3 Å². The molecule has 31 heteroatoms. The summed E-state index contributed by atoms with van der Waals surface area (Å²) in [6.07, 6.45) is -35.0. The second-order valence-electron chi connectivity index (χ2n) is 18.0. The van der Waals surface area contributed by atoms with Crippen molar-refractivity contribution in [3.8, 4) is 0 Å². The van der Waals surface area contributed by atoms with Gasteiger partial charge in [-0.05, 0) is 0 Å². The van der Waals surface area contributed by atoms with Crippen LogP contribution in [0.5, 0.6) is 0 Å². The fraction of sp³-hybridized carbons (Fsp3) is 0.878. The predicted octanol–water partition coefficient (Wildman–Crippen LogP) is -10.9. The van der Waals surface area contributed by atoms with Gasteiger partial charge in [-0.2, -0.15) is 0 Å². The van der Waals surface area contributed by atoms with Crippen LogP contribution >= 0.6 is 0 Å². The molecule has 414 valence electrons. The van der Waals surface area contributed by atoms with Gasteiger partial charge in [0.2, 0.25) is 29.5 Å². The Kier molecular flexibility index (Phi) is 21.3. The SMILES string of the molecule is CC(=O)NC1C(O)OC(CO)C(OC2OC(CO)C(OC3OC(CO)C(OC4OC(CO)C(OC5OC(CO)C(O)C(O)C5N(C)C(C)=O)C(O)C4NC(C)=O)C(O)C3NC(C)=O)C(O)C2NC(C)=O)C1O. The highest BCUT2D eigenvalue weighted by Gasteiger charge is 2.58. The van der Waals surface area contributed by atoms with E-state index < -0.39 is 216 Å². The Bertz CT molecular complexity index is 1830. The number of amides is 5. The summed E-state index contributed by atoms with van der Waals surface area (Å²) in [5.41, 5.74) is 0. The maximum Gasteiger partial charge on any atom is 0.219 e. The molecule has 0 spiro atoms. The van der Waals surface area contributed by atoms with Gasteiger partial charge in [0.25, 0.3) is 0 Å². The third-order valence-corrected chi connectivity index (χ3v) is 12.9. The quantitative estimate of drug-likeness (QED) is 0.0606. The molecule has 0 aromatic rings. The van der Waals surface area contributed by atoms with E-state index in [1.807, 2.05) is 0 Å². The van der Waals surface area contributed by atoms with Crippen LogP contribution in [-0.4, -0.2) is 289 Å². The molecule has 72 heavy (non-hydrogen) atoms. The van der Waals surface area contributed by atoms with E-state index in [9.17, 15) is 85.3 Å². The van der Waals surface area contributed by atoms with Crippen molar-refractivity contribution in [3.63, 3.8) is 0 Å². The number of nitrogens with one attached hydrogen (secondary N) is 4. The molecule has 0 aromatic carbocycles. The normalized spacial score (nSPS) is 43.5. The van der Waals surface area contributed by atoms with Crippen molar-refractivity contribution in [1.82, 2.24) is 26.2 Å². The lowest BCUT2D eigenvalue weighted by Crippen LogP contribution is -2.72. The van der Waals surface area contributed by atoms with Crippen molar-refractivity contribution >= 4 is 29.5 Å². The van der Waals surface area contributed by atoms with Crippen LogP contribution in [0, 0.1) is 0 Å². The highest BCUT2D eigenvalue weighted by atomic mass is 16.8. The average Bonchev–Trinajstić information content (AvgIpc) is 3.31. The molecule has 31 nitrogen and oxygen atoms in total. The molecule has 16 N–H and O–H groups in total. The van der Waals surface area contributed by atoms with Crippen LogP contribution in [-0.2, 0) is 66.6 Å². The lowest BCUT2D eigenvalue weighted by molar-refractivity contribution is -0.368. The minimum absolute atomic E-state index is 0.622. The Hall–Kier alpha value is -3.49. The molecular weight excluding hydrogens is 978 g/mol. The van der Waals surface area contributed by atoms with Gasteiger partial charge in [0, 0.05) is 41.7 Å². The highest BCUT2D eigenvalue weighted by molar-refractivity contribution is 5.75. The summed E-state index contributed by atoms with van der Waals surface area (Å²) in [6, 6.07) is -8.02. The van der Waals surface area contributed by atoms with Crippen molar-refractivity contribution in [2.75, 3.05) is 40.1 Å². The van der Waals surface area contributed by atoms with E-state index in [1.54, 1.807) is 0 Å². The Morgan fingerprint density at radius 3 is 0.986 bits per heavy atom. The zero-order valence-electron chi connectivity index (χ0n) is 40.0. The van der Waals surface area contributed by atoms with E-state index in [4.69, 9.17) is 42.6 Å². The van der Waals surface area contributed by atoms with E-state index in [0.717, 1.165) is 39.5 Å². The van der Waals surface area contributed by atoms with E-state index in [0.29, 0.717) is 0 Å². The molecule has 0 bridgehead atoms. The minimum atomic E-state index is -2.00. The number of ether oxygens (including phenoxy) is 9. The van der Waals surface area contributed by atoms with Crippen molar-refractivity contribution in [1.29, 1.82) is 0 Å². The van der Waals surface area contributed by atoms with Crippen molar-refractivity contribution < 1.29 is 128 Å². The molecule has 5 aliphatic rings. The number of hydrogen-bond acceptors (Lipinski definition) is 26. The van der Waals surface area contributed by atoms with Gasteiger partial charge in [0.1, 0.15) is 122 Å². The Labute approximate surface area is 411 Å². The van der Waals surface area contributed by atoms with Crippen LogP contribution in [0.3, 0.4) is 0 Å². The largest absolute Gasteiger partial charge is 0.394 e. The van der Waals surface area contributed by atoms with E-state index in [2.05, 4.69) is 21.3 Å². The summed E-state index contributed by atoms with van der Waals surface area (Å²) < 4.78 is 53.2. The summed E-state index contributed by atoms with van der Waals surface area (Å²) in [7, 11) is 1.25. The van der Waals surface area contributed by atoms with Gasteiger partial charge in [0.05, 0.1) is 33.0 Å². The molecule has 5 fully saturated rings. The first-order valence-electron chi connectivity index (χ1n) is 22.9. The molecule has 0 radical (unpaired) electrons. The molecule has 5 rings (SSSR count). The lowest BCUT2D eigenvalue weighted by Gasteiger charge is -2.51. The number of likely N-dealkylation sites (N-methyl/N-ethyl adjacent to an activating group) is 1. The first-order chi connectivity index (χ1) is 33.9. The van der Waals surface area contributed by atoms with Crippen LogP contribution in [0.1, 0.15) is 34.6 Å². The monoisotopic (exact) mass is 1050 g/mol. The first kappa shape index (κ1) is 59.4. The fourth-order valence-corrected chi connectivity index (χ4v) is 9.28. The summed E-state index contributed by atoms with van der Waals surface area (Å²) in [5.74, 6) is -3.69. The van der Waals surface area contributed by atoms with Gasteiger partial charge in [-0.25, -0.2) is 0 Å². The maximum absolute atomic E-state index is 12.7. The molecular formula is C41H69N5O26. The molecule has 0 aliphatic carbocycles. The molecule has 5 saturated heterocycles. The van der Waals surface area contributed by atoms with Crippen molar-refractivity contribution in [2.45, 2.75) is 188 Å². The smallest absolute Gasteiger partial charge is 0.219 e. The highest BCUT2D eigenvalue weighted by Crippen LogP contribution is 2.36. The Morgan fingerprint density at radius 1 is 0.403 bits per heavy atom. The third-order valence-electron chi connectivity index (χ3n) is 12.9. The van der Waals surface area contributed by atoms with Crippen LogP contribution in [0.15, 0.2) is 0 Å². The number of rotatable bonds is 18. The van der Waals surface area contributed by atoms with Gasteiger partial charge in [-0.15, -0.1) is 0 Å². The van der Waals surface area contributed by atoms with Crippen molar-refractivity contribution in [2.24, 2.45) is 0 Å². The molecule has 5 amide bonds. The first-order valence-corrected chi connectivity index (χ1v) is 22.9. The van der Waals surface area contributed by atoms with Crippen LogP contribution in [0.4, 0.5) is 0 Å². The van der Waals surface area contributed by atoms with Crippen LogP contribution in [0.25, 0.3) is 0 Å². The maximum atomic E-state index is 12.7. The topological polar surface area (TPSA) is 463 Å². The summed E-state index contributed by atoms with van der Waals surface area (Å²) in [5, 5.41) is 140. The average molecular weight is 1050 g/mol. The lowest BCUT2D eigenvalue weighted by atomic mass is 9.93. The molecule has 25 unspecified atom stereocenters. The van der Waals surface area contributed by atoms with Gasteiger partial charge in [0.15, 0.2) is 31.5 Å². The van der Waals surface area contributed by atoms with E-state index in [-0.39, 0.29) is 0 Å². The number of aliphatic hydroxyl groups excluding tert-OH is 12. The molecule has 5 heterocycles. The summed E-state index contributed by atoms with van der Waals surface area (Å²) in [6.45, 7) is 0.750. The Balaban J connectivity index is 1.40. The number of carbonyl (C=O) groups excluding carboxylic acids is 5. The molecule has 5 aliphatic heterocycles. The second kappa shape index (κ2) is 25.8. The predicted molar refractivity (Wildman–Crippen MR) is 229 cm³/mol. The van der Waals surface area contributed by atoms with Gasteiger partial charge < -0.3 is 130 Å².